The summed E-state index contributed by atoms with van der Waals surface area (Å²) >= 11 is 0. The van der Waals surface area contributed by atoms with Gasteiger partial charge in [0.25, 0.3) is 5.91 Å². The molecule has 0 aromatic carbocycles. The normalized spacial score (nSPS) is 16.6. The molecule has 1 atom stereocenters. The molecule has 2 heterocycles. The van der Waals surface area contributed by atoms with Crippen molar-refractivity contribution in [2.45, 2.75) is 83.6 Å². The van der Waals surface area contributed by atoms with E-state index in [1.165, 1.54) is 0 Å². The Bertz CT molecular complexity index is 943. The molecule has 0 bridgehead atoms. The van der Waals surface area contributed by atoms with E-state index in [0.717, 1.165) is 64.3 Å². The minimum atomic E-state index is -0.467. The number of rotatable bonds is 16. The molecule has 0 radical (unpaired) electrons. The number of pyridine rings is 1. The molecular formula is C31H43N3O2. The van der Waals surface area contributed by atoms with Crippen molar-refractivity contribution >= 4 is 11.8 Å². The summed E-state index contributed by atoms with van der Waals surface area (Å²) in [5.74, 6) is -0.271. The second-order valence-corrected chi connectivity index (χ2v) is 9.05. The van der Waals surface area contributed by atoms with Crippen LogP contribution in [0.2, 0.25) is 0 Å². The summed E-state index contributed by atoms with van der Waals surface area (Å²) in [6, 6.07) is 3.52. The number of aromatic nitrogens is 1. The number of unbranched alkanes of at least 4 members (excludes halogenated alkanes) is 1. The van der Waals surface area contributed by atoms with Crippen LogP contribution in [0.5, 0.6) is 0 Å². The Morgan fingerprint density at radius 3 is 2.19 bits per heavy atom. The van der Waals surface area contributed by atoms with Crippen molar-refractivity contribution < 1.29 is 9.59 Å². The fraction of sp³-hybridized carbons (Fsp3) is 0.452. The highest BCUT2D eigenvalue weighted by Crippen LogP contribution is 2.23. The number of allylic oxidation sites excluding steroid dienone is 10. The summed E-state index contributed by atoms with van der Waals surface area (Å²) in [5, 5.41) is 0. The number of hydrogen-bond donors (Lipinski definition) is 1. The van der Waals surface area contributed by atoms with E-state index in [-0.39, 0.29) is 11.9 Å². The van der Waals surface area contributed by atoms with Crippen molar-refractivity contribution in [1.29, 1.82) is 0 Å². The second-order valence-electron chi connectivity index (χ2n) is 9.05. The number of carbonyl (C=O) groups is 2. The Morgan fingerprint density at radius 2 is 1.58 bits per heavy atom. The van der Waals surface area contributed by atoms with Crippen LogP contribution in [0.15, 0.2) is 79.1 Å². The molecule has 2 amide bonds. The standard InChI is InChI=1S/C31H43N3O2/c1-2-3-4-5-6-7-8-9-10-11-12-13-14-15-16-17-18-23-30(35)34-25-20-21-27(34)26-29-28(31(32)36)22-19-24-33-29/h3-4,6-7,9-10,12-13,15-16,19,22,24,27H,2,5,8,11,14,17-18,20-21,23,25-26H2,1H3,(H2,32,36)/b4-3-,7-6-,10-9-,13-12-,16-15-/t27-/m0/s1. The van der Waals surface area contributed by atoms with E-state index >= 15 is 0 Å². The monoisotopic (exact) mass is 489 g/mol. The van der Waals surface area contributed by atoms with Crippen LogP contribution < -0.4 is 5.73 Å². The van der Waals surface area contributed by atoms with Gasteiger partial charge in [0.1, 0.15) is 0 Å². The van der Waals surface area contributed by atoms with E-state index in [4.69, 9.17) is 5.73 Å². The van der Waals surface area contributed by atoms with Gasteiger partial charge in [0.2, 0.25) is 5.91 Å². The van der Waals surface area contributed by atoms with E-state index in [2.05, 4.69) is 72.7 Å². The fourth-order valence-electron chi connectivity index (χ4n) is 4.31. The van der Waals surface area contributed by atoms with Crippen LogP contribution in [0, 0.1) is 0 Å². The molecule has 36 heavy (non-hydrogen) atoms. The quantitative estimate of drug-likeness (QED) is 0.209. The molecule has 2 rings (SSSR count). The van der Waals surface area contributed by atoms with E-state index in [0.29, 0.717) is 24.1 Å². The van der Waals surface area contributed by atoms with Gasteiger partial charge in [0, 0.05) is 31.6 Å². The van der Waals surface area contributed by atoms with E-state index in [9.17, 15) is 9.59 Å². The molecular weight excluding hydrogens is 446 g/mol. The third-order valence-electron chi connectivity index (χ3n) is 6.20. The minimum absolute atomic E-state index is 0.0965. The summed E-state index contributed by atoms with van der Waals surface area (Å²) in [5.41, 5.74) is 6.63. The summed E-state index contributed by atoms with van der Waals surface area (Å²) in [6.45, 7) is 2.93. The molecule has 0 aliphatic carbocycles. The van der Waals surface area contributed by atoms with Gasteiger partial charge >= 0.3 is 0 Å². The Morgan fingerprint density at radius 1 is 0.972 bits per heavy atom. The number of nitrogens with two attached hydrogens (primary N) is 1. The van der Waals surface area contributed by atoms with Gasteiger partial charge in [-0.2, -0.15) is 0 Å². The molecule has 5 heteroatoms. The minimum Gasteiger partial charge on any atom is -0.366 e. The zero-order valence-electron chi connectivity index (χ0n) is 21.9. The lowest BCUT2D eigenvalue weighted by Crippen LogP contribution is -2.37. The Kier molecular flexibility index (Phi) is 14.6. The van der Waals surface area contributed by atoms with Gasteiger partial charge < -0.3 is 10.6 Å². The first kappa shape index (κ1) is 29.0. The molecule has 194 valence electrons. The summed E-state index contributed by atoms with van der Waals surface area (Å²) < 4.78 is 0. The van der Waals surface area contributed by atoms with E-state index in [1.807, 2.05) is 4.90 Å². The van der Waals surface area contributed by atoms with Crippen LogP contribution in [0.4, 0.5) is 0 Å². The van der Waals surface area contributed by atoms with E-state index < -0.39 is 5.91 Å². The van der Waals surface area contributed by atoms with Gasteiger partial charge in [0.05, 0.1) is 11.3 Å². The Balaban J connectivity index is 1.59. The SMILES string of the molecule is CC/C=C\C/C=C\C/C=C\C/C=C\C/C=C\CCCC(=O)N1CCC[C@H]1Cc1ncccc1C(N)=O. The Hall–Kier alpha value is -3.21. The summed E-state index contributed by atoms with van der Waals surface area (Å²) in [7, 11) is 0. The molecule has 0 spiro atoms. The average Bonchev–Trinajstić information content (AvgIpc) is 3.34. The van der Waals surface area contributed by atoms with Crippen molar-refractivity contribution in [2.75, 3.05) is 6.54 Å². The molecule has 2 N–H and O–H groups in total. The molecule has 0 saturated carbocycles. The first-order valence-electron chi connectivity index (χ1n) is 13.4. The maximum atomic E-state index is 12.8. The van der Waals surface area contributed by atoms with Crippen LogP contribution in [-0.2, 0) is 11.2 Å². The van der Waals surface area contributed by atoms with Crippen LogP contribution in [0.1, 0.15) is 87.2 Å². The average molecular weight is 490 g/mol. The van der Waals surface area contributed by atoms with Crippen molar-refractivity contribution in [3.8, 4) is 0 Å². The lowest BCUT2D eigenvalue weighted by atomic mass is 10.0. The fourth-order valence-corrected chi connectivity index (χ4v) is 4.31. The second kappa shape index (κ2) is 18.1. The van der Waals surface area contributed by atoms with Crippen LogP contribution >= 0.6 is 0 Å². The summed E-state index contributed by atoms with van der Waals surface area (Å²) in [4.78, 5) is 30.8. The van der Waals surface area contributed by atoms with Gasteiger partial charge in [-0.1, -0.05) is 67.7 Å². The van der Waals surface area contributed by atoms with Crippen molar-refractivity contribution in [3.05, 3.63) is 90.3 Å². The third kappa shape index (κ3) is 11.5. The highest BCUT2D eigenvalue weighted by atomic mass is 16.2. The Labute approximate surface area is 217 Å². The highest BCUT2D eigenvalue weighted by Gasteiger charge is 2.29. The molecule has 0 unspecified atom stereocenters. The van der Waals surface area contributed by atoms with Crippen LogP contribution in [0.3, 0.4) is 0 Å². The number of likely N-dealkylation sites (tertiary alicyclic amines) is 1. The predicted octanol–water partition coefficient (Wildman–Crippen LogP) is 6.64. The zero-order valence-corrected chi connectivity index (χ0v) is 21.9. The maximum absolute atomic E-state index is 12.8. The molecule has 5 nitrogen and oxygen atoms in total. The number of nitrogens with zero attached hydrogens (tertiary/aromatic N) is 2. The highest BCUT2D eigenvalue weighted by molar-refractivity contribution is 5.93. The lowest BCUT2D eigenvalue weighted by molar-refractivity contribution is -0.132. The molecule has 1 aliphatic heterocycles. The van der Waals surface area contributed by atoms with Gasteiger partial charge in [0.15, 0.2) is 0 Å². The summed E-state index contributed by atoms with van der Waals surface area (Å²) in [6.07, 6.45) is 33.4. The zero-order chi connectivity index (χ0) is 25.8. The van der Waals surface area contributed by atoms with E-state index in [1.54, 1.807) is 18.3 Å². The predicted molar refractivity (Wildman–Crippen MR) is 150 cm³/mol. The number of hydrogen-bond acceptors (Lipinski definition) is 3. The van der Waals surface area contributed by atoms with Crippen LogP contribution in [0.25, 0.3) is 0 Å². The molecule has 1 aromatic heterocycles. The van der Waals surface area contributed by atoms with Crippen LogP contribution in [-0.4, -0.2) is 34.3 Å². The smallest absolute Gasteiger partial charge is 0.250 e. The van der Waals surface area contributed by atoms with Crippen molar-refractivity contribution in [1.82, 2.24) is 9.88 Å². The number of carbonyl (C=O) groups excluding carboxylic acids is 2. The molecule has 1 aliphatic rings. The lowest BCUT2D eigenvalue weighted by Gasteiger charge is -2.25. The van der Waals surface area contributed by atoms with Gasteiger partial charge in [-0.25, -0.2) is 0 Å². The molecule has 1 aromatic rings. The number of primary amides is 1. The van der Waals surface area contributed by atoms with Crippen molar-refractivity contribution in [2.24, 2.45) is 5.73 Å². The first-order valence-corrected chi connectivity index (χ1v) is 13.4. The largest absolute Gasteiger partial charge is 0.366 e. The van der Waals surface area contributed by atoms with Gasteiger partial charge in [-0.15, -0.1) is 0 Å². The first-order chi connectivity index (χ1) is 17.6. The van der Waals surface area contributed by atoms with Gasteiger partial charge in [-0.05, 0) is 69.9 Å². The topological polar surface area (TPSA) is 76.3 Å². The number of amides is 2. The maximum Gasteiger partial charge on any atom is 0.250 e. The molecule has 1 fully saturated rings. The van der Waals surface area contributed by atoms with Crippen molar-refractivity contribution in [3.63, 3.8) is 0 Å². The third-order valence-corrected chi connectivity index (χ3v) is 6.20. The van der Waals surface area contributed by atoms with Gasteiger partial charge in [-0.3, -0.25) is 14.6 Å². The molecule has 1 saturated heterocycles.